The molecule has 3 fully saturated rings. The Hall–Kier alpha value is -2.24. The highest BCUT2D eigenvalue weighted by Crippen LogP contribution is 2.40. The topological polar surface area (TPSA) is 53.1 Å². The molecule has 0 bridgehead atoms. The summed E-state index contributed by atoms with van der Waals surface area (Å²) in [6, 6.07) is 7.72. The van der Waals surface area contributed by atoms with Crippen molar-refractivity contribution in [1.82, 2.24) is 9.80 Å². The van der Waals surface area contributed by atoms with E-state index in [2.05, 4.69) is 4.90 Å². The number of rotatable bonds is 3. The Balaban J connectivity index is 1.55. The van der Waals surface area contributed by atoms with Crippen molar-refractivity contribution in [2.24, 2.45) is 0 Å². The lowest BCUT2D eigenvalue weighted by Crippen LogP contribution is -2.45. The van der Waals surface area contributed by atoms with Gasteiger partial charge < -0.3 is 14.5 Å². The van der Waals surface area contributed by atoms with Gasteiger partial charge in [-0.1, -0.05) is 12.1 Å². The molecule has 3 saturated heterocycles. The number of imide groups is 1. The predicted molar refractivity (Wildman–Crippen MR) is 90.2 cm³/mol. The Morgan fingerprint density at radius 3 is 2.75 bits per heavy atom. The zero-order chi connectivity index (χ0) is 16.9. The molecule has 3 aliphatic rings. The van der Waals surface area contributed by atoms with Gasteiger partial charge in [-0.15, -0.1) is 0 Å². The molecule has 24 heavy (non-hydrogen) atoms. The maximum Gasteiger partial charge on any atom is 0.327 e. The van der Waals surface area contributed by atoms with Gasteiger partial charge >= 0.3 is 6.03 Å². The normalized spacial score (nSPS) is 29.6. The lowest BCUT2D eigenvalue weighted by molar-refractivity contribution is -0.133. The third-order valence-corrected chi connectivity index (χ3v) is 5.71. The number of para-hydroxylation sites is 2. The van der Waals surface area contributed by atoms with Crippen LogP contribution in [-0.4, -0.2) is 60.1 Å². The van der Waals surface area contributed by atoms with E-state index in [9.17, 15) is 9.59 Å². The summed E-state index contributed by atoms with van der Waals surface area (Å²) >= 11 is 0. The summed E-state index contributed by atoms with van der Waals surface area (Å²) in [5.74, 6) is 0.807. The minimum atomic E-state index is -0.616. The van der Waals surface area contributed by atoms with Gasteiger partial charge in [0.05, 0.1) is 18.8 Å². The SMILES string of the molecule is COc1ccccc1N1CC[C@H](N2C(=O)N3CCC[C@]3(C)C2=O)C1. The first-order valence-electron chi connectivity index (χ1n) is 8.59. The Labute approximate surface area is 142 Å². The molecule has 0 spiro atoms. The third kappa shape index (κ3) is 2.01. The second kappa shape index (κ2) is 5.40. The van der Waals surface area contributed by atoms with E-state index >= 15 is 0 Å². The fourth-order valence-corrected chi connectivity index (χ4v) is 4.35. The van der Waals surface area contributed by atoms with Crippen LogP contribution >= 0.6 is 0 Å². The number of carbonyl (C=O) groups excluding carboxylic acids is 2. The first-order valence-corrected chi connectivity index (χ1v) is 8.59. The maximum atomic E-state index is 12.9. The molecule has 0 aliphatic carbocycles. The zero-order valence-electron chi connectivity index (χ0n) is 14.2. The van der Waals surface area contributed by atoms with Crippen molar-refractivity contribution in [3.63, 3.8) is 0 Å². The van der Waals surface area contributed by atoms with Gasteiger partial charge in [0.2, 0.25) is 0 Å². The number of hydrogen-bond donors (Lipinski definition) is 0. The number of fused-ring (bicyclic) bond motifs is 1. The van der Waals surface area contributed by atoms with Gasteiger partial charge in [-0.25, -0.2) is 4.79 Å². The molecule has 1 aromatic rings. The minimum absolute atomic E-state index is 0.0168. The van der Waals surface area contributed by atoms with Crippen molar-refractivity contribution in [2.75, 3.05) is 31.6 Å². The molecule has 6 heteroatoms. The number of urea groups is 1. The molecule has 0 aromatic heterocycles. The van der Waals surface area contributed by atoms with E-state index < -0.39 is 5.54 Å². The number of carbonyl (C=O) groups is 2. The summed E-state index contributed by atoms with van der Waals surface area (Å²) in [7, 11) is 1.66. The molecule has 4 rings (SSSR count). The van der Waals surface area contributed by atoms with Gasteiger partial charge in [-0.2, -0.15) is 0 Å². The van der Waals surface area contributed by atoms with E-state index in [0.717, 1.165) is 37.2 Å². The second-order valence-electron chi connectivity index (χ2n) is 7.05. The number of amides is 3. The van der Waals surface area contributed by atoms with E-state index in [4.69, 9.17) is 4.74 Å². The lowest BCUT2D eigenvalue weighted by Gasteiger charge is -2.25. The lowest BCUT2D eigenvalue weighted by atomic mass is 9.99. The van der Waals surface area contributed by atoms with Crippen LogP contribution in [0.3, 0.4) is 0 Å². The highest BCUT2D eigenvalue weighted by molar-refractivity contribution is 6.07. The Bertz CT molecular complexity index is 692. The molecular formula is C18H23N3O3. The molecule has 0 unspecified atom stereocenters. The third-order valence-electron chi connectivity index (χ3n) is 5.71. The van der Waals surface area contributed by atoms with Crippen LogP contribution in [0.25, 0.3) is 0 Å². The summed E-state index contributed by atoms with van der Waals surface area (Å²) in [4.78, 5) is 31.1. The quantitative estimate of drug-likeness (QED) is 0.797. The highest BCUT2D eigenvalue weighted by atomic mass is 16.5. The van der Waals surface area contributed by atoms with Gasteiger partial charge in [0.1, 0.15) is 11.3 Å². The number of benzene rings is 1. The van der Waals surface area contributed by atoms with E-state index in [1.807, 2.05) is 31.2 Å². The van der Waals surface area contributed by atoms with Gasteiger partial charge in [-0.3, -0.25) is 9.69 Å². The first-order chi connectivity index (χ1) is 11.6. The van der Waals surface area contributed by atoms with Crippen LogP contribution in [0, 0.1) is 0 Å². The number of hydrogen-bond acceptors (Lipinski definition) is 4. The average molecular weight is 329 g/mol. The van der Waals surface area contributed by atoms with E-state index in [1.54, 1.807) is 12.0 Å². The molecule has 0 N–H and O–H groups in total. The van der Waals surface area contributed by atoms with Crippen LogP contribution in [0.4, 0.5) is 10.5 Å². The number of methoxy groups -OCH3 is 1. The molecule has 0 radical (unpaired) electrons. The van der Waals surface area contributed by atoms with Crippen molar-refractivity contribution in [1.29, 1.82) is 0 Å². The summed E-state index contributed by atoms with van der Waals surface area (Å²) in [6.07, 6.45) is 2.50. The first kappa shape index (κ1) is 15.3. The van der Waals surface area contributed by atoms with Crippen LogP contribution in [0.2, 0.25) is 0 Å². The van der Waals surface area contributed by atoms with Crippen molar-refractivity contribution >= 4 is 17.6 Å². The molecule has 6 nitrogen and oxygen atoms in total. The standard InChI is InChI=1S/C18H23N3O3/c1-18-9-5-10-20(18)17(23)21(16(18)22)13-8-11-19(12-13)14-6-3-4-7-15(14)24-2/h3-4,6-7,13H,5,8-12H2,1-2H3/t13-,18+/m0/s1. The van der Waals surface area contributed by atoms with Crippen LogP contribution in [0.15, 0.2) is 24.3 Å². The Morgan fingerprint density at radius 1 is 1.21 bits per heavy atom. The van der Waals surface area contributed by atoms with Gasteiger partial charge in [-0.05, 0) is 38.3 Å². The fourth-order valence-electron chi connectivity index (χ4n) is 4.35. The number of anilines is 1. The molecular weight excluding hydrogens is 306 g/mol. The maximum absolute atomic E-state index is 12.9. The van der Waals surface area contributed by atoms with Crippen LogP contribution in [0.1, 0.15) is 26.2 Å². The second-order valence-corrected chi connectivity index (χ2v) is 7.05. The van der Waals surface area contributed by atoms with Gasteiger partial charge in [0.25, 0.3) is 5.91 Å². The molecule has 128 valence electrons. The fraction of sp³-hybridized carbons (Fsp3) is 0.556. The predicted octanol–water partition coefficient (Wildman–Crippen LogP) is 2.09. The van der Waals surface area contributed by atoms with Crippen LogP contribution in [0.5, 0.6) is 5.75 Å². The Kier molecular flexibility index (Phi) is 3.44. The summed E-state index contributed by atoms with van der Waals surface area (Å²) in [6.45, 7) is 4.09. The molecule has 0 saturated carbocycles. The van der Waals surface area contributed by atoms with Crippen molar-refractivity contribution < 1.29 is 14.3 Å². The van der Waals surface area contributed by atoms with Gasteiger partial charge in [0.15, 0.2) is 0 Å². The minimum Gasteiger partial charge on any atom is -0.495 e. The molecule has 2 atom stereocenters. The van der Waals surface area contributed by atoms with E-state index in [-0.39, 0.29) is 18.0 Å². The van der Waals surface area contributed by atoms with E-state index in [0.29, 0.717) is 13.1 Å². The smallest absolute Gasteiger partial charge is 0.327 e. The molecule has 3 amide bonds. The van der Waals surface area contributed by atoms with Gasteiger partial charge in [0, 0.05) is 19.6 Å². The van der Waals surface area contributed by atoms with E-state index in [1.165, 1.54) is 4.90 Å². The molecule has 3 aliphatic heterocycles. The van der Waals surface area contributed by atoms with Crippen LogP contribution in [-0.2, 0) is 4.79 Å². The van der Waals surface area contributed by atoms with Crippen LogP contribution < -0.4 is 9.64 Å². The number of nitrogens with zero attached hydrogens (tertiary/aromatic N) is 3. The summed E-state index contributed by atoms with van der Waals surface area (Å²) in [5.41, 5.74) is 0.405. The molecule has 3 heterocycles. The molecule has 1 aromatic carbocycles. The monoisotopic (exact) mass is 329 g/mol. The summed E-state index contributed by atoms with van der Waals surface area (Å²) in [5, 5.41) is 0. The summed E-state index contributed by atoms with van der Waals surface area (Å²) < 4.78 is 5.44. The zero-order valence-corrected chi connectivity index (χ0v) is 14.2. The van der Waals surface area contributed by atoms with Crippen molar-refractivity contribution in [3.8, 4) is 5.75 Å². The highest BCUT2D eigenvalue weighted by Gasteiger charge is 2.58. The largest absolute Gasteiger partial charge is 0.495 e. The van der Waals surface area contributed by atoms with Crippen molar-refractivity contribution in [3.05, 3.63) is 24.3 Å². The Morgan fingerprint density at radius 2 is 2.00 bits per heavy atom. The van der Waals surface area contributed by atoms with Crippen molar-refractivity contribution in [2.45, 2.75) is 37.8 Å². The number of ether oxygens (including phenoxy) is 1. The average Bonchev–Trinajstić information content (AvgIpc) is 3.26.